The van der Waals surface area contributed by atoms with Crippen LogP contribution >= 0.6 is 0 Å². The lowest BCUT2D eigenvalue weighted by Gasteiger charge is -2.13. The number of aliphatic hydroxyl groups excluding tert-OH is 1. The largest absolute Gasteiger partial charge is 0.497 e. The van der Waals surface area contributed by atoms with E-state index in [2.05, 4.69) is 31.3 Å². The van der Waals surface area contributed by atoms with Gasteiger partial charge in [-0.1, -0.05) is 30.3 Å². The van der Waals surface area contributed by atoms with E-state index < -0.39 is 6.10 Å². The zero-order chi connectivity index (χ0) is 15.9. The smallest absolute Gasteiger partial charge is 0.118 e. The lowest BCUT2D eigenvalue weighted by Crippen LogP contribution is -2.17. The van der Waals surface area contributed by atoms with Gasteiger partial charge in [-0.25, -0.2) is 0 Å². The van der Waals surface area contributed by atoms with Crippen molar-refractivity contribution in [3.05, 3.63) is 64.7 Å². The second-order valence-corrected chi connectivity index (χ2v) is 5.67. The molecule has 2 aromatic carbocycles. The maximum atomic E-state index is 10.2. The Morgan fingerprint density at radius 1 is 1.05 bits per heavy atom. The number of hydrogen-bond donors (Lipinski definition) is 2. The number of benzene rings is 2. The normalized spacial score (nSPS) is 12.2. The zero-order valence-corrected chi connectivity index (χ0v) is 13.6. The second kappa shape index (κ2) is 7.97. The monoisotopic (exact) mass is 299 g/mol. The van der Waals surface area contributed by atoms with Gasteiger partial charge in [0, 0.05) is 6.54 Å². The molecule has 0 saturated carbocycles. The van der Waals surface area contributed by atoms with Crippen molar-refractivity contribution < 1.29 is 9.84 Å². The summed E-state index contributed by atoms with van der Waals surface area (Å²) in [5.74, 6) is 0.869. The summed E-state index contributed by atoms with van der Waals surface area (Å²) in [6.07, 6.45) is 0.293. The van der Waals surface area contributed by atoms with Gasteiger partial charge in [0.2, 0.25) is 0 Å². The molecule has 0 bridgehead atoms. The van der Waals surface area contributed by atoms with Crippen LogP contribution < -0.4 is 10.1 Å². The number of aliphatic hydroxyl groups is 1. The topological polar surface area (TPSA) is 41.5 Å². The summed E-state index contributed by atoms with van der Waals surface area (Å²) in [5.41, 5.74) is 4.69. The predicted octanol–water partition coefficient (Wildman–Crippen LogP) is 3.53. The third kappa shape index (κ3) is 4.58. The molecule has 0 heterocycles. The van der Waals surface area contributed by atoms with E-state index >= 15 is 0 Å². The lowest BCUT2D eigenvalue weighted by atomic mass is 10.0. The number of methoxy groups -OCH3 is 1. The van der Waals surface area contributed by atoms with Crippen molar-refractivity contribution in [2.45, 2.75) is 32.9 Å². The molecule has 0 fully saturated rings. The van der Waals surface area contributed by atoms with E-state index in [1.807, 2.05) is 30.3 Å². The summed E-state index contributed by atoms with van der Waals surface area (Å²) in [6, 6.07) is 14.2. The van der Waals surface area contributed by atoms with E-state index in [0.29, 0.717) is 6.42 Å². The van der Waals surface area contributed by atoms with Crippen LogP contribution in [0.25, 0.3) is 0 Å². The molecule has 0 aliphatic heterocycles. The fourth-order valence-corrected chi connectivity index (χ4v) is 2.35. The van der Waals surface area contributed by atoms with E-state index in [4.69, 9.17) is 4.74 Å². The van der Waals surface area contributed by atoms with E-state index in [1.165, 1.54) is 16.7 Å². The van der Waals surface area contributed by atoms with Gasteiger partial charge in [-0.15, -0.1) is 0 Å². The van der Waals surface area contributed by atoms with Gasteiger partial charge < -0.3 is 15.2 Å². The highest BCUT2D eigenvalue weighted by atomic mass is 16.5. The van der Waals surface area contributed by atoms with Gasteiger partial charge in [0.25, 0.3) is 0 Å². The first kappa shape index (κ1) is 16.5. The van der Waals surface area contributed by atoms with E-state index in [-0.39, 0.29) is 0 Å². The van der Waals surface area contributed by atoms with Crippen molar-refractivity contribution in [3.63, 3.8) is 0 Å². The molecule has 2 N–H and O–H groups in total. The van der Waals surface area contributed by atoms with Crippen LogP contribution in [-0.2, 0) is 6.54 Å². The molecule has 1 atom stereocenters. The summed E-state index contributed by atoms with van der Waals surface area (Å²) in [5, 5.41) is 13.6. The van der Waals surface area contributed by atoms with Gasteiger partial charge in [0.1, 0.15) is 5.75 Å². The molecule has 22 heavy (non-hydrogen) atoms. The lowest BCUT2D eigenvalue weighted by molar-refractivity contribution is 0.166. The summed E-state index contributed by atoms with van der Waals surface area (Å²) >= 11 is 0. The molecule has 0 aliphatic rings. The van der Waals surface area contributed by atoms with Crippen LogP contribution in [0.1, 0.15) is 34.8 Å². The Kier molecular flexibility index (Phi) is 5.99. The first-order valence-corrected chi connectivity index (χ1v) is 7.69. The van der Waals surface area contributed by atoms with Crippen molar-refractivity contribution in [3.8, 4) is 5.75 Å². The van der Waals surface area contributed by atoms with Gasteiger partial charge in [0.15, 0.2) is 0 Å². The SMILES string of the molecule is COc1ccc(CNCCC(O)c2ccc(C)c(C)c2)cc1. The van der Waals surface area contributed by atoms with E-state index in [9.17, 15) is 5.11 Å². The first-order valence-electron chi connectivity index (χ1n) is 7.69. The number of nitrogens with one attached hydrogen (secondary N) is 1. The number of rotatable bonds is 7. The molecule has 1 unspecified atom stereocenters. The van der Waals surface area contributed by atoms with Gasteiger partial charge >= 0.3 is 0 Å². The van der Waals surface area contributed by atoms with E-state index in [0.717, 1.165) is 24.4 Å². The molecule has 118 valence electrons. The Hall–Kier alpha value is -1.84. The Balaban J connectivity index is 1.76. The Morgan fingerprint density at radius 2 is 1.77 bits per heavy atom. The molecule has 0 amide bonds. The molecular weight excluding hydrogens is 274 g/mol. The summed E-state index contributed by atoms with van der Waals surface area (Å²) in [7, 11) is 1.67. The van der Waals surface area contributed by atoms with Crippen LogP contribution in [-0.4, -0.2) is 18.8 Å². The molecule has 2 aromatic rings. The van der Waals surface area contributed by atoms with Crippen LogP contribution in [0.2, 0.25) is 0 Å². The van der Waals surface area contributed by atoms with Crippen molar-refractivity contribution in [1.29, 1.82) is 0 Å². The molecule has 3 heteroatoms. The third-order valence-corrected chi connectivity index (χ3v) is 4.00. The minimum atomic E-state index is -0.414. The average Bonchev–Trinajstić information content (AvgIpc) is 2.54. The fourth-order valence-electron chi connectivity index (χ4n) is 2.35. The highest BCUT2D eigenvalue weighted by Gasteiger charge is 2.08. The van der Waals surface area contributed by atoms with Crippen LogP contribution in [0.15, 0.2) is 42.5 Å². The fraction of sp³-hybridized carbons (Fsp3) is 0.368. The summed E-state index contributed by atoms with van der Waals surface area (Å²) in [6.45, 7) is 5.74. The molecule has 2 rings (SSSR count). The van der Waals surface area contributed by atoms with Crippen molar-refractivity contribution in [2.24, 2.45) is 0 Å². The Labute approximate surface area is 133 Å². The van der Waals surface area contributed by atoms with Crippen LogP contribution in [0, 0.1) is 13.8 Å². The van der Waals surface area contributed by atoms with E-state index in [1.54, 1.807) is 7.11 Å². The molecule has 0 radical (unpaired) electrons. The van der Waals surface area contributed by atoms with Crippen LogP contribution in [0.5, 0.6) is 5.75 Å². The number of aryl methyl sites for hydroxylation is 2. The third-order valence-electron chi connectivity index (χ3n) is 4.00. The molecule has 3 nitrogen and oxygen atoms in total. The van der Waals surface area contributed by atoms with Gasteiger partial charge in [-0.3, -0.25) is 0 Å². The minimum absolute atomic E-state index is 0.414. The predicted molar refractivity (Wildman–Crippen MR) is 90.2 cm³/mol. The van der Waals surface area contributed by atoms with Gasteiger partial charge in [-0.05, 0) is 61.2 Å². The molecule has 0 aliphatic carbocycles. The van der Waals surface area contributed by atoms with Gasteiger partial charge in [0.05, 0.1) is 13.2 Å². The maximum absolute atomic E-state index is 10.2. The molecule has 0 saturated heterocycles. The summed E-state index contributed by atoms with van der Waals surface area (Å²) < 4.78 is 5.14. The van der Waals surface area contributed by atoms with Crippen molar-refractivity contribution in [2.75, 3.05) is 13.7 Å². The van der Waals surface area contributed by atoms with Gasteiger partial charge in [-0.2, -0.15) is 0 Å². The maximum Gasteiger partial charge on any atom is 0.118 e. The van der Waals surface area contributed by atoms with Crippen LogP contribution in [0.3, 0.4) is 0 Å². The highest BCUT2D eigenvalue weighted by Crippen LogP contribution is 2.19. The summed E-state index contributed by atoms with van der Waals surface area (Å²) in [4.78, 5) is 0. The van der Waals surface area contributed by atoms with Crippen molar-refractivity contribution in [1.82, 2.24) is 5.32 Å². The first-order chi connectivity index (χ1) is 10.6. The second-order valence-electron chi connectivity index (χ2n) is 5.67. The highest BCUT2D eigenvalue weighted by molar-refractivity contribution is 5.31. The Morgan fingerprint density at radius 3 is 2.41 bits per heavy atom. The number of ether oxygens (including phenoxy) is 1. The molecule has 0 aromatic heterocycles. The van der Waals surface area contributed by atoms with Crippen LogP contribution in [0.4, 0.5) is 0 Å². The Bertz CT molecular complexity index is 593. The average molecular weight is 299 g/mol. The zero-order valence-electron chi connectivity index (χ0n) is 13.6. The quantitative estimate of drug-likeness (QED) is 0.769. The standard InChI is InChI=1S/C19H25NO2/c1-14-4-7-17(12-15(14)2)19(21)10-11-20-13-16-5-8-18(22-3)9-6-16/h4-9,12,19-21H,10-11,13H2,1-3H3. The number of hydrogen-bond acceptors (Lipinski definition) is 3. The molecular formula is C19H25NO2. The molecule has 0 spiro atoms. The van der Waals surface area contributed by atoms with Crippen molar-refractivity contribution >= 4 is 0 Å². The minimum Gasteiger partial charge on any atom is -0.497 e.